The van der Waals surface area contributed by atoms with Gasteiger partial charge in [-0.25, -0.2) is 13.2 Å². The Balaban J connectivity index is 1.34. The highest BCUT2D eigenvalue weighted by molar-refractivity contribution is 5.66. The Hall–Kier alpha value is -2.81. The van der Waals surface area contributed by atoms with Crippen LogP contribution in [0, 0.1) is 23.4 Å². The topological polar surface area (TPSA) is 0 Å². The molecule has 0 spiro atoms. The summed E-state index contributed by atoms with van der Waals surface area (Å²) < 4.78 is 44.4. The van der Waals surface area contributed by atoms with Gasteiger partial charge in [0.25, 0.3) is 0 Å². The molecule has 0 atom stereocenters. The van der Waals surface area contributed by atoms with Crippen molar-refractivity contribution in [3.63, 3.8) is 0 Å². The van der Waals surface area contributed by atoms with Crippen molar-refractivity contribution in [3.05, 3.63) is 107 Å². The van der Waals surface area contributed by atoms with Crippen LogP contribution >= 0.6 is 0 Å². The molecule has 0 saturated heterocycles. The highest BCUT2D eigenvalue weighted by atomic mass is 19.2. The van der Waals surface area contributed by atoms with Crippen LogP contribution in [-0.2, 0) is 19.3 Å². The third-order valence-electron chi connectivity index (χ3n) is 8.31. The molecule has 1 saturated carbocycles. The van der Waals surface area contributed by atoms with Crippen molar-refractivity contribution in [2.24, 2.45) is 5.92 Å². The second-order valence-corrected chi connectivity index (χ2v) is 11.0. The van der Waals surface area contributed by atoms with Crippen LogP contribution in [0.25, 0.3) is 11.1 Å². The van der Waals surface area contributed by atoms with Crippen LogP contribution in [0.15, 0.2) is 67.3 Å². The van der Waals surface area contributed by atoms with Crippen LogP contribution in [0.5, 0.6) is 0 Å². The minimum Gasteiger partial charge on any atom is -0.206 e. The summed E-state index contributed by atoms with van der Waals surface area (Å²) in [5, 5.41) is 0. The normalized spacial score (nSPS) is 17.5. The average Bonchev–Trinajstić information content (AvgIpc) is 2.94. The molecule has 3 heteroatoms. The van der Waals surface area contributed by atoms with Crippen molar-refractivity contribution in [1.29, 1.82) is 0 Å². The zero-order valence-electron chi connectivity index (χ0n) is 22.8. The number of halogens is 3. The maximum atomic E-state index is 15.0. The summed E-state index contributed by atoms with van der Waals surface area (Å²) in [5.41, 5.74) is 3.95. The SMILES string of the molecule is C=CCCC1CCC(c2ccc(CCc3ccc(-c4ccc(CCCCC)c(F)c4F)c(F)c3)cc2)CC1. The highest BCUT2D eigenvalue weighted by Crippen LogP contribution is 2.37. The van der Waals surface area contributed by atoms with E-state index in [4.69, 9.17) is 0 Å². The summed E-state index contributed by atoms with van der Waals surface area (Å²) in [7, 11) is 0. The Morgan fingerprint density at radius 2 is 1.45 bits per heavy atom. The lowest BCUT2D eigenvalue weighted by Gasteiger charge is -2.28. The number of allylic oxidation sites excluding steroid dienone is 1. The Morgan fingerprint density at radius 1 is 0.763 bits per heavy atom. The van der Waals surface area contributed by atoms with E-state index < -0.39 is 17.5 Å². The van der Waals surface area contributed by atoms with Gasteiger partial charge in [-0.05, 0) is 104 Å². The van der Waals surface area contributed by atoms with E-state index in [1.165, 1.54) is 55.4 Å². The number of aryl methyl sites for hydroxylation is 3. The fourth-order valence-corrected chi connectivity index (χ4v) is 5.87. The summed E-state index contributed by atoms with van der Waals surface area (Å²) in [5.74, 6) is -0.831. The van der Waals surface area contributed by atoms with E-state index in [9.17, 15) is 13.2 Å². The molecule has 0 radical (unpaired) electrons. The quantitative estimate of drug-likeness (QED) is 0.165. The molecule has 38 heavy (non-hydrogen) atoms. The van der Waals surface area contributed by atoms with Gasteiger partial charge < -0.3 is 0 Å². The zero-order valence-corrected chi connectivity index (χ0v) is 22.8. The molecule has 0 unspecified atom stereocenters. The fourth-order valence-electron chi connectivity index (χ4n) is 5.87. The highest BCUT2D eigenvalue weighted by Gasteiger charge is 2.22. The van der Waals surface area contributed by atoms with Gasteiger partial charge in [0, 0.05) is 11.1 Å². The Morgan fingerprint density at radius 3 is 2.13 bits per heavy atom. The predicted molar refractivity (Wildman–Crippen MR) is 153 cm³/mol. The molecule has 3 aromatic rings. The van der Waals surface area contributed by atoms with E-state index in [-0.39, 0.29) is 11.1 Å². The van der Waals surface area contributed by atoms with Gasteiger partial charge in [0.2, 0.25) is 0 Å². The minimum absolute atomic E-state index is 0.0175. The first-order chi connectivity index (χ1) is 18.5. The van der Waals surface area contributed by atoms with Gasteiger partial charge in [-0.15, -0.1) is 6.58 Å². The largest absolute Gasteiger partial charge is 0.206 e. The van der Waals surface area contributed by atoms with Crippen molar-refractivity contribution in [1.82, 2.24) is 0 Å². The van der Waals surface area contributed by atoms with Crippen LogP contribution in [0.1, 0.15) is 92.9 Å². The monoisotopic (exact) mass is 518 g/mol. The van der Waals surface area contributed by atoms with Crippen LogP contribution in [-0.4, -0.2) is 0 Å². The lowest BCUT2D eigenvalue weighted by atomic mass is 9.77. The van der Waals surface area contributed by atoms with Crippen molar-refractivity contribution in [3.8, 4) is 11.1 Å². The van der Waals surface area contributed by atoms with E-state index in [1.807, 2.05) is 12.1 Å². The summed E-state index contributed by atoms with van der Waals surface area (Å²) >= 11 is 0. The van der Waals surface area contributed by atoms with Crippen LogP contribution in [0.3, 0.4) is 0 Å². The van der Waals surface area contributed by atoms with Crippen molar-refractivity contribution >= 4 is 0 Å². The maximum absolute atomic E-state index is 15.0. The molecular weight excluding hydrogens is 477 g/mol. The molecule has 1 aliphatic carbocycles. The Labute approximate surface area is 227 Å². The molecule has 4 rings (SSSR count). The molecule has 1 fully saturated rings. The zero-order chi connectivity index (χ0) is 26.9. The van der Waals surface area contributed by atoms with E-state index >= 15 is 0 Å². The number of hydrogen-bond acceptors (Lipinski definition) is 0. The number of hydrogen-bond donors (Lipinski definition) is 0. The van der Waals surface area contributed by atoms with Crippen molar-refractivity contribution in [2.45, 2.75) is 89.9 Å². The van der Waals surface area contributed by atoms with Crippen molar-refractivity contribution < 1.29 is 13.2 Å². The predicted octanol–water partition coefficient (Wildman–Crippen LogP) is 10.5. The number of rotatable bonds is 12. The summed E-state index contributed by atoms with van der Waals surface area (Å²) in [4.78, 5) is 0. The summed E-state index contributed by atoms with van der Waals surface area (Å²) in [6, 6.07) is 16.9. The second kappa shape index (κ2) is 13.8. The molecule has 202 valence electrons. The van der Waals surface area contributed by atoms with E-state index in [0.29, 0.717) is 24.3 Å². The van der Waals surface area contributed by atoms with Crippen molar-refractivity contribution in [2.75, 3.05) is 0 Å². The molecule has 3 aromatic carbocycles. The molecule has 0 amide bonds. The first kappa shape index (κ1) is 28.2. The van der Waals surface area contributed by atoms with Gasteiger partial charge in [-0.2, -0.15) is 0 Å². The standard InChI is InChI=1S/C35H41F3/c1-3-5-7-9-30-21-23-32(35(38)34(30)37)31-22-16-27(24-33(31)36)11-10-26-14-19-29(20-15-26)28-17-12-25(13-18-28)8-6-4-2/h4,14-16,19-25,28H,2-3,5-13,17-18H2,1H3. The number of benzene rings is 3. The summed E-state index contributed by atoms with van der Waals surface area (Å²) in [6.45, 7) is 5.91. The fraction of sp³-hybridized carbons (Fsp3) is 0.429. The maximum Gasteiger partial charge on any atom is 0.167 e. The number of unbranched alkanes of at least 4 members (excludes halogenated alkanes) is 2. The van der Waals surface area contributed by atoms with E-state index in [1.54, 1.807) is 12.1 Å². The molecule has 0 bridgehead atoms. The van der Waals surface area contributed by atoms with Gasteiger partial charge in [0.15, 0.2) is 11.6 Å². The lowest BCUT2D eigenvalue weighted by Crippen LogP contribution is -2.13. The molecule has 0 aliphatic heterocycles. The van der Waals surface area contributed by atoms with E-state index in [2.05, 4.69) is 37.8 Å². The third kappa shape index (κ3) is 7.18. The molecule has 1 aliphatic rings. The van der Waals surface area contributed by atoms with Crippen LogP contribution in [0.2, 0.25) is 0 Å². The van der Waals surface area contributed by atoms with Gasteiger partial charge in [0.05, 0.1) is 0 Å². The smallest absolute Gasteiger partial charge is 0.167 e. The molecule has 0 aromatic heterocycles. The first-order valence-electron chi connectivity index (χ1n) is 14.5. The summed E-state index contributed by atoms with van der Waals surface area (Å²) in [6.07, 6.45) is 14.4. The average molecular weight is 519 g/mol. The lowest BCUT2D eigenvalue weighted by molar-refractivity contribution is 0.312. The first-order valence-corrected chi connectivity index (χ1v) is 14.5. The van der Waals surface area contributed by atoms with Crippen LogP contribution in [0.4, 0.5) is 13.2 Å². The van der Waals surface area contributed by atoms with E-state index in [0.717, 1.165) is 43.6 Å². The van der Waals surface area contributed by atoms with Gasteiger partial charge in [-0.3, -0.25) is 0 Å². The molecule has 0 heterocycles. The van der Waals surface area contributed by atoms with Gasteiger partial charge in [0.1, 0.15) is 5.82 Å². The van der Waals surface area contributed by atoms with Crippen LogP contribution < -0.4 is 0 Å². The minimum atomic E-state index is -0.962. The second-order valence-electron chi connectivity index (χ2n) is 11.0. The molecule has 0 nitrogen and oxygen atoms in total. The van der Waals surface area contributed by atoms with Gasteiger partial charge in [-0.1, -0.05) is 74.4 Å². The molecule has 0 N–H and O–H groups in total. The van der Waals surface area contributed by atoms with Gasteiger partial charge >= 0.3 is 0 Å². The Bertz CT molecular complexity index is 1190. The third-order valence-corrected chi connectivity index (χ3v) is 8.31. The Kier molecular flexibility index (Phi) is 10.3. The molecular formula is C35H41F3.